The van der Waals surface area contributed by atoms with E-state index in [2.05, 4.69) is 5.32 Å². The summed E-state index contributed by atoms with van der Waals surface area (Å²) in [5.41, 5.74) is -0.0337. The van der Waals surface area contributed by atoms with Gasteiger partial charge < -0.3 is 15.5 Å². The number of rotatable bonds is 4. The first-order valence-corrected chi connectivity index (χ1v) is 5.08. The van der Waals surface area contributed by atoms with Crippen LogP contribution < -0.4 is 5.32 Å². The second-order valence-electron chi connectivity index (χ2n) is 3.07. The number of halogens is 4. The molecule has 1 atom stereocenters. The van der Waals surface area contributed by atoms with Crippen molar-refractivity contribution < 1.29 is 19.0 Å². The second-order valence-corrected chi connectivity index (χ2v) is 3.82. The van der Waals surface area contributed by atoms with Crippen molar-refractivity contribution in [1.82, 2.24) is 0 Å². The Morgan fingerprint density at radius 3 is 2.50 bits per heavy atom. The normalized spacial score (nSPS) is 12.6. The molecule has 0 fully saturated rings. The molecule has 0 spiro atoms. The van der Waals surface area contributed by atoms with Gasteiger partial charge in [0.1, 0.15) is 15.9 Å². The summed E-state index contributed by atoms with van der Waals surface area (Å²) in [5.74, 6) is -2.02. The quantitative estimate of drug-likeness (QED) is 0.580. The average Bonchev–Trinajstić information content (AvgIpc) is 2.28. The minimum atomic E-state index is -1.07. The van der Waals surface area contributed by atoms with Crippen LogP contribution in [-0.4, -0.2) is 29.5 Å². The molecule has 0 amide bonds. The predicted octanol–water partition coefficient (Wildman–Crippen LogP) is 2.04. The molecule has 90 valence electrons. The molecule has 1 rings (SSSR count). The summed E-state index contributed by atoms with van der Waals surface area (Å²) in [6.45, 7) is -0.556. The first kappa shape index (κ1) is 13.4. The van der Waals surface area contributed by atoms with Crippen LogP contribution in [-0.2, 0) is 0 Å². The molecule has 0 saturated heterocycles. The van der Waals surface area contributed by atoms with Gasteiger partial charge in [0, 0.05) is 12.6 Å². The lowest BCUT2D eigenvalue weighted by Gasteiger charge is -2.12. The van der Waals surface area contributed by atoms with Gasteiger partial charge in [0.2, 0.25) is 0 Å². The summed E-state index contributed by atoms with van der Waals surface area (Å²) in [4.78, 5) is 0. The Kier molecular flexibility index (Phi) is 4.73. The van der Waals surface area contributed by atoms with E-state index >= 15 is 0 Å². The van der Waals surface area contributed by atoms with E-state index in [9.17, 15) is 8.78 Å². The molecule has 3 N–H and O–H groups in total. The molecule has 0 heterocycles. The molecule has 0 saturated carbocycles. The highest BCUT2D eigenvalue weighted by Gasteiger charge is 2.16. The molecule has 0 bridgehead atoms. The van der Waals surface area contributed by atoms with E-state index in [-0.39, 0.29) is 17.3 Å². The van der Waals surface area contributed by atoms with Crippen LogP contribution in [0.1, 0.15) is 0 Å². The van der Waals surface area contributed by atoms with Crippen LogP contribution in [0.3, 0.4) is 0 Å². The Bertz CT molecular complexity index is 390. The Morgan fingerprint density at radius 1 is 1.31 bits per heavy atom. The van der Waals surface area contributed by atoms with Crippen LogP contribution in [0.15, 0.2) is 6.07 Å². The standard InChI is InChI=1S/C9H9Cl2F2NO2/c10-7-5(12)1-6(8(11)9(7)13)14-2-4(16)3-15/h1,4,14-16H,2-3H2. The van der Waals surface area contributed by atoms with Gasteiger partial charge >= 0.3 is 0 Å². The Balaban J connectivity index is 2.89. The zero-order valence-corrected chi connectivity index (χ0v) is 9.49. The van der Waals surface area contributed by atoms with Crippen molar-refractivity contribution in [2.75, 3.05) is 18.5 Å². The molecule has 1 aromatic carbocycles. The van der Waals surface area contributed by atoms with Gasteiger partial charge in [0.05, 0.1) is 18.4 Å². The maximum Gasteiger partial charge on any atom is 0.165 e. The van der Waals surface area contributed by atoms with Crippen LogP contribution in [0.25, 0.3) is 0 Å². The third kappa shape index (κ3) is 2.95. The molecule has 1 unspecified atom stereocenters. The topological polar surface area (TPSA) is 52.5 Å². The van der Waals surface area contributed by atoms with Gasteiger partial charge in [-0.05, 0) is 0 Å². The van der Waals surface area contributed by atoms with Gasteiger partial charge in [0.15, 0.2) is 5.82 Å². The minimum absolute atomic E-state index is 0.0337. The van der Waals surface area contributed by atoms with Crippen LogP contribution in [0.5, 0.6) is 0 Å². The van der Waals surface area contributed by atoms with Gasteiger partial charge in [0.25, 0.3) is 0 Å². The summed E-state index contributed by atoms with van der Waals surface area (Å²) in [5, 5.41) is 19.0. The molecule has 0 radical (unpaired) electrons. The van der Waals surface area contributed by atoms with Gasteiger partial charge in [-0.2, -0.15) is 0 Å². The van der Waals surface area contributed by atoms with Crippen LogP contribution in [0.4, 0.5) is 14.5 Å². The fourth-order valence-corrected chi connectivity index (χ4v) is 1.41. The lowest BCUT2D eigenvalue weighted by Crippen LogP contribution is -2.23. The number of hydrogen-bond donors (Lipinski definition) is 3. The Hall–Kier alpha value is -0.620. The molecule has 0 aromatic heterocycles. The number of anilines is 1. The van der Waals surface area contributed by atoms with Crippen molar-refractivity contribution in [2.24, 2.45) is 0 Å². The molecule has 3 nitrogen and oxygen atoms in total. The molecule has 7 heteroatoms. The molecular weight excluding hydrogens is 263 g/mol. The highest BCUT2D eigenvalue weighted by Crippen LogP contribution is 2.32. The maximum absolute atomic E-state index is 13.2. The molecule has 16 heavy (non-hydrogen) atoms. The van der Waals surface area contributed by atoms with Crippen LogP contribution in [0.2, 0.25) is 10.0 Å². The van der Waals surface area contributed by atoms with E-state index < -0.39 is 29.4 Å². The molecule has 0 aliphatic carbocycles. The predicted molar refractivity (Wildman–Crippen MR) is 58.0 cm³/mol. The van der Waals surface area contributed by atoms with E-state index in [4.69, 9.17) is 33.4 Å². The lowest BCUT2D eigenvalue weighted by atomic mass is 10.2. The summed E-state index contributed by atoms with van der Waals surface area (Å²) >= 11 is 10.9. The van der Waals surface area contributed by atoms with Crippen molar-refractivity contribution in [3.05, 3.63) is 27.7 Å². The highest BCUT2D eigenvalue weighted by atomic mass is 35.5. The number of aliphatic hydroxyl groups excluding tert-OH is 2. The minimum Gasteiger partial charge on any atom is -0.394 e. The van der Waals surface area contributed by atoms with Crippen molar-refractivity contribution in [2.45, 2.75) is 6.10 Å². The summed E-state index contributed by atoms with van der Waals surface area (Å²) in [7, 11) is 0. The number of benzene rings is 1. The SMILES string of the molecule is OCC(O)CNc1cc(F)c(Cl)c(F)c1Cl. The molecule has 0 aliphatic heterocycles. The van der Waals surface area contributed by atoms with Gasteiger partial charge in [-0.25, -0.2) is 8.78 Å². The Labute approximate surface area is 101 Å². The zero-order valence-electron chi connectivity index (χ0n) is 7.98. The van der Waals surface area contributed by atoms with Crippen LogP contribution in [0, 0.1) is 11.6 Å². The number of hydrogen-bond acceptors (Lipinski definition) is 3. The van der Waals surface area contributed by atoms with E-state index in [1.165, 1.54) is 0 Å². The Morgan fingerprint density at radius 2 is 1.94 bits per heavy atom. The van der Waals surface area contributed by atoms with Crippen molar-refractivity contribution in [3.8, 4) is 0 Å². The number of nitrogens with one attached hydrogen (secondary N) is 1. The largest absolute Gasteiger partial charge is 0.394 e. The highest BCUT2D eigenvalue weighted by molar-refractivity contribution is 6.36. The molecule has 0 aliphatic rings. The molecular formula is C9H9Cl2F2NO2. The third-order valence-corrected chi connectivity index (χ3v) is 2.56. The maximum atomic E-state index is 13.2. The smallest absolute Gasteiger partial charge is 0.165 e. The fourth-order valence-electron chi connectivity index (χ4n) is 0.994. The van der Waals surface area contributed by atoms with Crippen molar-refractivity contribution in [1.29, 1.82) is 0 Å². The van der Waals surface area contributed by atoms with E-state index in [1.807, 2.05) is 0 Å². The monoisotopic (exact) mass is 271 g/mol. The fraction of sp³-hybridized carbons (Fsp3) is 0.333. The first-order valence-electron chi connectivity index (χ1n) is 4.33. The second kappa shape index (κ2) is 5.63. The first-order chi connectivity index (χ1) is 7.47. The third-order valence-electron chi connectivity index (χ3n) is 1.84. The van der Waals surface area contributed by atoms with E-state index in [1.54, 1.807) is 0 Å². The van der Waals surface area contributed by atoms with Crippen molar-refractivity contribution >= 4 is 28.9 Å². The average molecular weight is 272 g/mol. The van der Waals surface area contributed by atoms with Crippen molar-refractivity contribution in [3.63, 3.8) is 0 Å². The summed E-state index contributed by atoms with van der Waals surface area (Å²) in [6, 6.07) is 0.915. The van der Waals surface area contributed by atoms with E-state index in [0.717, 1.165) is 6.07 Å². The van der Waals surface area contributed by atoms with Gasteiger partial charge in [-0.1, -0.05) is 23.2 Å². The van der Waals surface area contributed by atoms with Crippen LogP contribution >= 0.6 is 23.2 Å². The zero-order chi connectivity index (χ0) is 12.3. The molecule has 1 aromatic rings. The lowest BCUT2D eigenvalue weighted by molar-refractivity contribution is 0.105. The van der Waals surface area contributed by atoms with Gasteiger partial charge in [-0.15, -0.1) is 0 Å². The summed E-state index contributed by atoms with van der Waals surface area (Å²) in [6.07, 6.45) is -1.04. The van der Waals surface area contributed by atoms with Gasteiger partial charge in [-0.3, -0.25) is 0 Å². The number of aliphatic hydroxyl groups is 2. The van der Waals surface area contributed by atoms with E-state index in [0.29, 0.717) is 0 Å². The summed E-state index contributed by atoms with van der Waals surface area (Å²) < 4.78 is 26.2.